The number of fused-ring (bicyclic) bond motifs is 6. The Morgan fingerprint density at radius 2 is 1.00 bits per heavy atom. The zero-order valence-corrected chi connectivity index (χ0v) is 37.4. The van der Waals surface area contributed by atoms with Crippen LogP contribution in [0, 0.1) is 0 Å². The standard InChI is InChI=1S/2C19H20N2O3S3.BrH/c2*1-20-18-21(2)19(22)14-11-16(27(3,23)24)15(9-12(14)10-17(19)26-18)25-13-7-5-4-6-8-13;/h2*4-9,11,17,22H,10H2,1-3H3;1H. The summed E-state index contributed by atoms with van der Waals surface area (Å²) in [6.07, 6.45) is 3.77. The molecule has 0 saturated carbocycles. The summed E-state index contributed by atoms with van der Waals surface area (Å²) in [5.41, 5.74) is 0.845. The van der Waals surface area contributed by atoms with Gasteiger partial charge in [0.1, 0.15) is 0 Å². The largest absolute Gasteiger partial charge is 0.366 e. The maximum atomic E-state index is 12.5. The topological polar surface area (TPSA) is 140 Å². The monoisotopic (exact) mass is 920 g/mol. The number of aliphatic imine (C=N–C) groups is 2. The Bertz CT molecular complexity index is 2250. The fraction of sp³-hybridized carbons (Fsp3) is 0.316. The lowest BCUT2D eigenvalue weighted by Gasteiger charge is -2.32. The van der Waals surface area contributed by atoms with Gasteiger partial charge in [-0.05, 0) is 72.5 Å². The van der Waals surface area contributed by atoms with E-state index in [1.807, 2.05) is 72.8 Å². The first-order chi connectivity index (χ1) is 25.5. The van der Waals surface area contributed by atoms with Crippen molar-refractivity contribution in [2.24, 2.45) is 9.98 Å². The Balaban J connectivity index is 0.000000184. The van der Waals surface area contributed by atoms with Crippen LogP contribution in [0.5, 0.6) is 0 Å². The molecule has 0 radical (unpaired) electrons. The molecule has 4 atom stereocenters. The Kier molecular flexibility index (Phi) is 12.0. The number of hydrogen-bond donors (Lipinski definition) is 2. The van der Waals surface area contributed by atoms with E-state index in [1.165, 1.54) is 59.6 Å². The Hall–Kier alpha value is -2.48. The van der Waals surface area contributed by atoms with Gasteiger partial charge < -0.3 is 20.0 Å². The molecule has 17 heteroatoms. The molecule has 4 unspecified atom stereocenters. The molecule has 10 nitrogen and oxygen atoms in total. The summed E-state index contributed by atoms with van der Waals surface area (Å²) >= 11 is 5.95. The third kappa shape index (κ3) is 7.53. The number of sulfone groups is 2. The molecule has 0 spiro atoms. The molecule has 2 aliphatic heterocycles. The van der Waals surface area contributed by atoms with Gasteiger partial charge in [0.25, 0.3) is 0 Å². The van der Waals surface area contributed by atoms with Crippen LogP contribution in [0.2, 0.25) is 0 Å². The number of amidine groups is 2. The molecule has 292 valence electrons. The molecule has 4 aromatic rings. The minimum atomic E-state index is -3.45. The molecule has 0 bridgehead atoms. The first kappa shape index (κ1) is 42.1. The quantitative estimate of drug-likeness (QED) is 0.218. The minimum absolute atomic E-state index is 0. The van der Waals surface area contributed by atoms with Crippen molar-refractivity contribution in [1.29, 1.82) is 0 Å². The number of thioether (sulfide) groups is 2. The summed E-state index contributed by atoms with van der Waals surface area (Å²) in [5, 5.41) is 24.2. The summed E-state index contributed by atoms with van der Waals surface area (Å²) < 4.78 is 50.0. The lowest BCUT2D eigenvalue weighted by atomic mass is 10.0. The molecule has 8 rings (SSSR count). The van der Waals surface area contributed by atoms with Crippen LogP contribution in [-0.4, -0.2) is 98.4 Å². The maximum absolute atomic E-state index is 12.5. The maximum Gasteiger partial charge on any atom is 0.178 e. The van der Waals surface area contributed by atoms with Crippen LogP contribution < -0.4 is 0 Å². The molecule has 2 saturated heterocycles. The lowest BCUT2D eigenvalue weighted by Crippen LogP contribution is -2.44. The van der Waals surface area contributed by atoms with E-state index in [0.717, 1.165) is 31.3 Å². The van der Waals surface area contributed by atoms with E-state index in [1.54, 1.807) is 50.1 Å². The second-order valence-corrected chi connectivity index (χ2v) is 22.0. The van der Waals surface area contributed by atoms with Crippen LogP contribution in [0.1, 0.15) is 22.3 Å². The van der Waals surface area contributed by atoms with Crippen LogP contribution in [-0.2, 0) is 44.0 Å². The summed E-state index contributed by atoms with van der Waals surface area (Å²) in [4.78, 5) is 15.8. The van der Waals surface area contributed by atoms with Crippen molar-refractivity contribution in [3.05, 3.63) is 107 Å². The molecule has 4 aromatic carbocycles. The number of benzene rings is 4. The van der Waals surface area contributed by atoms with E-state index in [0.29, 0.717) is 33.8 Å². The van der Waals surface area contributed by atoms with E-state index < -0.39 is 31.1 Å². The second-order valence-electron chi connectivity index (χ2n) is 13.5. The normalized spacial score (nSPS) is 25.2. The first-order valence-corrected chi connectivity index (χ1v) is 24.1. The van der Waals surface area contributed by atoms with Crippen LogP contribution in [0.3, 0.4) is 0 Å². The zero-order valence-electron chi connectivity index (χ0n) is 30.8. The van der Waals surface area contributed by atoms with Gasteiger partial charge in [-0.15, -0.1) is 17.0 Å². The number of halogens is 1. The number of hydrogen-bond acceptors (Lipinski definition) is 12. The fourth-order valence-corrected chi connectivity index (χ4v) is 14.6. The lowest BCUT2D eigenvalue weighted by molar-refractivity contribution is -0.0501. The highest BCUT2D eigenvalue weighted by Crippen LogP contribution is 2.54. The highest BCUT2D eigenvalue weighted by atomic mass is 79.9. The van der Waals surface area contributed by atoms with Crippen LogP contribution >= 0.6 is 64.0 Å². The van der Waals surface area contributed by atoms with Gasteiger partial charge in [0.15, 0.2) is 41.5 Å². The molecule has 2 aliphatic carbocycles. The SMILES string of the molecule is Br.CN=C1SC2Cc3cc(Sc4ccccc4)c(S(C)(=O)=O)cc3C2(O)N1C.CN=C1SC2Cc3cc(Sc4ccccc4)c(S(C)(=O)=O)cc3C2(O)N1C. The molecular formula is C38H41BrN4O6S6. The highest BCUT2D eigenvalue weighted by molar-refractivity contribution is 8.93. The Morgan fingerprint density at radius 3 is 1.31 bits per heavy atom. The van der Waals surface area contributed by atoms with Crippen molar-refractivity contribution in [3.63, 3.8) is 0 Å². The van der Waals surface area contributed by atoms with Gasteiger partial charge in [0, 0.05) is 71.4 Å². The predicted octanol–water partition coefficient (Wildman–Crippen LogP) is 6.53. The summed E-state index contributed by atoms with van der Waals surface area (Å²) in [6.45, 7) is 0. The van der Waals surface area contributed by atoms with Crippen molar-refractivity contribution >= 4 is 94.0 Å². The van der Waals surface area contributed by atoms with Gasteiger partial charge in [0.2, 0.25) is 0 Å². The first-order valence-electron chi connectivity index (χ1n) is 16.9. The summed E-state index contributed by atoms with van der Waals surface area (Å²) in [5.74, 6) is 0. The average Bonchev–Trinajstić information content (AvgIpc) is 3.74. The molecule has 2 fully saturated rings. The van der Waals surface area contributed by atoms with Crippen molar-refractivity contribution in [1.82, 2.24) is 9.80 Å². The Labute approximate surface area is 350 Å². The molecule has 55 heavy (non-hydrogen) atoms. The predicted molar refractivity (Wildman–Crippen MR) is 231 cm³/mol. The van der Waals surface area contributed by atoms with Crippen molar-refractivity contribution in [2.75, 3.05) is 40.7 Å². The second kappa shape index (κ2) is 15.7. The van der Waals surface area contributed by atoms with Crippen LogP contribution in [0.25, 0.3) is 0 Å². The molecule has 4 aliphatic rings. The third-order valence-corrected chi connectivity index (χ3v) is 17.6. The minimum Gasteiger partial charge on any atom is -0.366 e. The smallest absolute Gasteiger partial charge is 0.178 e. The molecule has 2 N–H and O–H groups in total. The molecular weight excluding hydrogens is 881 g/mol. The van der Waals surface area contributed by atoms with E-state index in [2.05, 4.69) is 9.98 Å². The number of nitrogens with zero attached hydrogens (tertiary/aromatic N) is 4. The van der Waals surface area contributed by atoms with E-state index >= 15 is 0 Å². The Morgan fingerprint density at radius 1 is 0.655 bits per heavy atom. The van der Waals surface area contributed by atoms with Crippen molar-refractivity contribution < 1.29 is 27.0 Å². The van der Waals surface area contributed by atoms with Gasteiger partial charge in [-0.25, -0.2) is 16.8 Å². The van der Waals surface area contributed by atoms with Gasteiger partial charge in [-0.3, -0.25) is 9.98 Å². The molecule has 2 heterocycles. The van der Waals surface area contributed by atoms with E-state index in [4.69, 9.17) is 0 Å². The molecule has 0 amide bonds. The summed E-state index contributed by atoms with van der Waals surface area (Å²) in [7, 11) is 0.0963. The highest BCUT2D eigenvalue weighted by Gasteiger charge is 2.57. The number of rotatable bonds is 6. The fourth-order valence-electron chi connectivity index (χ4n) is 7.38. The van der Waals surface area contributed by atoms with Gasteiger partial charge in [0.05, 0.1) is 20.3 Å². The van der Waals surface area contributed by atoms with E-state index in [9.17, 15) is 27.0 Å². The average molecular weight is 922 g/mol. The summed E-state index contributed by atoms with van der Waals surface area (Å²) in [6, 6.07) is 26.6. The third-order valence-electron chi connectivity index (χ3n) is 10.1. The van der Waals surface area contributed by atoms with Crippen molar-refractivity contribution in [2.45, 2.75) is 64.2 Å². The molecule has 0 aromatic heterocycles. The van der Waals surface area contributed by atoms with Crippen molar-refractivity contribution in [3.8, 4) is 0 Å². The zero-order chi connectivity index (χ0) is 38.8. The number of aliphatic hydroxyl groups is 2. The van der Waals surface area contributed by atoms with Gasteiger partial charge >= 0.3 is 0 Å². The van der Waals surface area contributed by atoms with Gasteiger partial charge in [-0.1, -0.05) is 83.4 Å². The van der Waals surface area contributed by atoms with Crippen LogP contribution in [0.4, 0.5) is 0 Å². The van der Waals surface area contributed by atoms with E-state index in [-0.39, 0.29) is 37.3 Å². The van der Waals surface area contributed by atoms with Gasteiger partial charge in [-0.2, -0.15) is 0 Å². The van der Waals surface area contributed by atoms with Crippen LogP contribution in [0.15, 0.2) is 124 Å².